The molecule has 0 atom stereocenters. The summed E-state index contributed by atoms with van der Waals surface area (Å²) < 4.78 is 0. The minimum atomic E-state index is 1.18. The molecule has 1 N–H and O–H groups in total. The summed E-state index contributed by atoms with van der Waals surface area (Å²) in [5.74, 6) is 0. The Hall–Kier alpha value is -1.76. The van der Waals surface area contributed by atoms with Gasteiger partial charge in [-0.1, -0.05) is 166 Å². The lowest BCUT2D eigenvalue weighted by Crippen LogP contribution is -2.00. The molecule has 37 heavy (non-hydrogen) atoms. The smallest absolute Gasteiger partial charge is 0.0416 e. The fraction of sp³-hybridized carbons (Fsp3) is 0.667. The van der Waals surface area contributed by atoms with Gasteiger partial charge >= 0.3 is 0 Å². The second-order valence-electron chi connectivity index (χ2n) is 11.3. The van der Waals surface area contributed by atoms with Crippen LogP contribution < -0.4 is 5.32 Å². The molecule has 0 amide bonds. The Bertz CT molecular complexity index is 714. The molecule has 0 fully saturated rings. The third-order valence-corrected chi connectivity index (χ3v) is 7.90. The summed E-state index contributed by atoms with van der Waals surface area (Å²) in [4.78, 5) is 0. The molecule has 2 aromatic carbocycles. The van der Waals surface area contributed by atoms with E-state index in [0.717, 1.165) is 0 Å². The van der Waals surface area contributed by atoms with Crippen LogP contribution in [0.5, 0.6) is 0 Å². The van der Waals surface area contributed by atoms with Gasteiger partial charge in [0.05, 0.1) is 0 Å². The molecule has 1 nitrogen and oxygen atoms in total. The van der Waals surface area contributed by atoms with Crippen molar-refractivity contribution in [1.82, 2.24) is 0 Å². The lowest BCUT2D eigenvalue weighted by Gasteiger charge is -2.15. The van der Waals surface area contributed by atoms with Crippen LogP contribution in [0.25, 0.3) is 0 Å². The van der Waals surface area contributed by atoms with E-state index in [9.17, 15) is 0 Å². The first-order chi connectivity index (χ1) is 18.3. The van der Waals surface area contributed by atoms with Crippen molar-refractivity contribution < 1.29 is 0 Å². The van der Waals surface area contributed by atoms with Crippen molar-refractivity contribution in [2.24, 2.45) is 0 Å². The van der Waals surface area contributed by atoms with Gasteiger partial charge in [-0.05, 0) is 48.9 Å². The topological polar surface area (TPSA) is 12.0 Å². The average Bonchev–Trinajstić information content (AvgIpc) is 2.92. The third kappa shape index (κ3) is 15.3. The van der Waals surface area contributed by atoms with Crippen LogP contribution in [0.1, 0.15) is 153 Å². The molecule has 0 radical (unpaired) electrons. The second-order valence-corrected chi connectivity index (χ2v) is 11.3. The van der Waals surface area contributed by atoms with Gasteiger partial charge in [0.25, 0.3) is 0 Å². The van der Waals surface area contributed by atoms with E-state index >= 15 is 0 Å². The van der Waals surface area contributed by atoms with Gasteiger partial charge in [0.1, 0.15) is 0 Å². The quantitative estimate of drug-likeness (QED) is 0.140. The van der Waals surface area contributed by atoms with Crippen LogP contribution in [-0.4, -0.2) is 0 Å². The van der Waals surface area contributed by atoms with Gasteiger partial charge in [-0.25, -0.2) is 0 Å². The van der Waals surface area contributed by atoms with Crippen LogP contribution in [0.3, 0.4) is 0 Å². The van der Waals surface area contributed by atoms with E-state index in [1.807, 2.05) is 0 Å². The summed E-state index contributed by atoms with van der Waals surface area (Å²) >= 11 is 0. The molecule has 0 bridgehead atoms. The zero-order valence-corrected chi connectivity index (χ0v) is 24.7. The molecule has 0 aliphatic carbocycles. The van der Waals surface area contributed by atoms with Crippen molar-refractivity contribution in [3.63, 3.8) is 0 Å². The monoisotopic (exact) mass is 505 g/mol. The molecule has 0 unspecified atom stereocenters. The second kappa shape index (κ2) is 22.2. The van der Waals surface area contributed by atoms with Gasteiger partial charge in [0.2, 0.25) is 0 Å². The molecule has 0 aliphatic heterocycles. The lowest BCUT2D eigenvalue weighted by atomic mass is 10.0. The summed E-state index contributed by atoms with van der Waals surface area (Å²) in [5, 5.41) is 3.81. The van der Waals surface area contributed by atoms with Gasteiger partial charge < -0.3 is 5.32 Å². The highest BCUT2D eigenvalue weighted by Crippen LogP contribution is 2.26. The largest absolute Gasteiger partial charge is 0.355 e. The predicted octanol–water partition coefficient (Wildman–Crippen LogP) is 12.4. The van der Waals surface area contributed by atoms with Crippen molar-refractivity contribution in [3.8, 4) is 0 Å². The summed E-state index contributed by atoms with van der Waals surface area (Å²) in [7, 11) is 0. The number of unbranched alkanes of at least 4 members (excludes halogenated alkanes) is 18. The van der Waals surface area contributed by atoms with E-state index in [1.165, 1.54) is 164 Å². The van der Waals surface area contributed by atoms with Crippen molar-refractivity contribution >= 4 is 11.4 Å². The fourth-order valence-corrected chi connectivity index (χ4v) is 5.47. The van der Waals surface area contributed by atoms with E-state index in [1.54, 1.807) is 0 Å². The van der Waals surface area contributed by atoms with Crippen LogP contribution in [-0.2, 0) is 12.8 Å². The molecule has 0 saturated carbocycles. The average molecular weight is 506 g/mol. The Balaban J connectivity index is 1.67. The number of aryl methyl sites for hydroxylation is 2. The number of anilines is 2. The van der Waals surface area contributed by atoms with Crippen LogP contribution >= 0.6 is 0 Å². The first-order valence-corrected chi connectivity index (χ1v) is 16.3. The Morgan fingerprint density at radius 2 is 0.676 bits per heavy atom. The first kappa shape index (κ1) is 31.5. The number of benzene rings is 2. The molecule has 0 heterocycles. The highest BCUT2D eigenvalue weighted by atomic mass is 14.9. The third-order valence-electron chi connectivity index (χ3n) is 7.90. The van der Waals surface area contributed by atoms with E-state index < -0.39 is 0 Å². The normalized spacial score (nSPS) is 11.2. The number of hydrogen-bond acceptors (Lipinski definition) is 1. The standard InChI is InChI=1S/C36H59N/c1-3-5-7-9-11-13-15-17-19-21-27-33-29-23-25-31-35(33)37-36-32-26-24-30-34(36)28-22-20-18-16-14-12-10-8-6-4-2/h23-26,29-32,37H,3-22,27-28H2,1-2H3. The van der Waals surface area contributed by atoms with Crippen molar-refractivity contribution in [2.45, 2.75) is 155 Å². The number of para-hydroxylation sites is 2. The highest BCUT2D eigenvalue weighted by molar-refractivity contribution is 5.66. The minimum absolute atomic E-state index is 1.18. The van der Waals surface area contributed by atoms with Crippen molar-refractivity contribution in [1.29, 1.82) is 0 Å². The van der Waals surface area contributed by atoms with Gasteiger partial charge in [0, 0.05) is 11.4 Å². The fourth-order valence-electron chi connectivity index (χ4n) is 5.47. The van der Waals surface area contributed by atoms with E-state index in [4.69, 9.17) is 0 Å². The molecule has 1 heteroatoms. The molecule has 208 valence electrons. The zero-order valence-electron chi connectivity index (χ0n) is 24.7. The van der Waals surface area contributed by atoms with Crippen molar-refractivity contribution in [3.05, 3.63) is 59.7 Å². The molecule has 2 aromatic rings. The molecule has 0 aromatic heterocycles. The Labute approximate surface area is 231 Å². The van der Waals surface area contributed by atoms with Gasteiger partial charge in [0.15, 0.2) is 0 Å². The first-order valence-electron chi connectivity index (χ1n) is 16.3. The van der Waals surface area contributed by atoms with E-state index in [0.29, 0.717) is 0 Å². The van der Waals surface area contributed by atoms with Crippen LogP contribution in [0.2, 0.25) is 0 Å². The van der Waals surface area contributed by atoms with Crippen LogP contribution in [0, 0.1) is 0 Å². The number of hydrogen-bond donors (Lipinski definition) is 1. The summed E-state index contributed by atoms with van der Waals surface area (Å²) in [6, 6.07) is 17.9. The zero-order chi connectivity index (χ0) is 26.2. The maximum atomic E-state index is 3.81. The molecule has 0 saturated heterocycles. The van der Waals surface area contributed by atoms with E-state index in [2.05, 4.69) is 67.7 Å². The minimum Gasteiger partial charge on any atom is -0.355 e. The Kier molecular flexibility index (Phi) is 18.9. The van der Waals surface area contributed by atoms with Crippen LogP contribution in [0.15, 0.2) is 48.5 Å². The number of nitrogens with one attached hydrogen (secondary N) is 1. The molecule has 0 spiro atoms. The molecular formula is C36H59N. The van der Waals surface area contributed by atoms with E-state index in [-0.39, 0.29) is 0 Å². The summed E-state index contributed by atoms with van der Waals surface area (Å²) in [6.45, 7) is 4.59. The number of rotatable bonds is 24. The van der Waals surface area contributed by atoms with Crippen molar-refractivity contribution in [2.75, 3.05) is 5.32 Å². The summed E-state index contributed by atoms with van der Waals surface area (Å²) in [5.41, 5.74) is 5.54. The maximum absolute atomic E-state index is 3.81. The van der Waals surface area contributed by atoms with Gasteiger partial charge in [-0.2, -0.15) is 0 Å². The van der Waals surface area contributed by atoms with Crippen LogP contribution in [0.4, 0.5) is 11.4 Å². The molecule has 2 rings (SSSR count). The SMILES string of the molecule is CCCCCCCCCCCCc1ccccc1Nc1ccccc1CCCCCCCCCCCC. The highest BCUT2D eigenvalue weighted by Gasteiger charge is 2.06. The Morgan fingerprint density at radius 3 is 1.03 bits per heavy atom. The van der Waals surface area contributed by atoms with Gasteiger partial charge in [-0.3, -0.25) is 0 Å². The van der Waals surface area contributed by atoms with Gasteiger partial charge in [-0.15, -0.1) is 0 Å². The maximum Gasteiger partial charge on any atom is 0.0416 e. The molecular weight excluding hydrogens is 446 g/mol. The molecule has 0 aliphatic rings. The lowest BCUT2D eigenvalue weighted by molar-refractivity contribution is 0.556. The Morgan fingerprint density at radius 1 is 0.378 bits per heavy atom. The predicted molar refractivity (Wildman–Crippen MR) is 167 cm³/mol. The summed E-state index contributed by atoms with van der Waals surface area (Å²) in [6.07, 6.45) is 30.3.